The van der Waals surface area contributed by atoms with E-state index in [1.807, 2.05) is 53.4 Å². The summed E-state index contributed by atoms with van der Waals surface area (Å²) in [6, 6.07) is 15.5. The van der Waals surface area contributed by atoms with Crippen LogP contribution in [0, 0.1) is 0 Å². The van der Waals surface area contributed by atoms with Gasteiger partial charge >= 0.3 is 0 Å². The van der Waals surface area contributed by atoms with Gasteiger partial charge in [-0.2, -0.15) is 0 Å². The van der Waals surface area contributed by atoms with Gasteiger partial charge in [0.15, 0.2) is 0 Å². The Kier molecular flexibility index (Phi) is 5.23. The zero-order valence-corrected chi connectivity index (χ0v) is 14.4. The predicted molar refractivity (Wildman–Crippen MR) is 102 cm³/mol. The molecule has 0 aliphatic carbocycles. The van der Waals surface area contributed by atoms with Gasteiger partial charge in [-0.3, -0.25) is 4.79 Å². The normalized spacial score (nSPS) is 14.8. The molecule has 2 aromatic carbocycles. The quantitative estimate of drug-likeness (QED) is 0.688. The highest BCUT2D eigenvalue weighted by molar-refractivity contribution is 5.92. The summed E-state index contributed by atoms with van der Waals surface area (Å²) in [6.07, 6.45) is 3.43. The summed E-state index contributed by atoms with van der Waals surface area (Å²) in [6.45, 7) is 2.97. The van der Waals surface area contributed by atoms with Crippen LogP contribution in [0.3, 0.4) is 0 Å². The number of nitrogens with zero attached hydrogens (tertiary/aromatic N) is 2. The molecule has 2 N–H and O–H groups in total. The van der Waals surface area contributed by atoms with Gasteiger partial charge in [-0.05, 0) is 35.9 Å². The number of ether oxygens (including phenoxy) is 1. The molecular formula is C20H23N3O2. The van der Waals surface area contributed by atoms with E-state index in [2.05, 4.69) is 11.0 Å². The van der Waals surface area contributed by atoms with Gasteiger partial charge in [0.25, 0.3) is 0 Å². The fourth-order valence-electron chi connectivity index (χ4n) is 2.99. The number of hydrogen-bond donors (Lipinski definition) is 1. The summed E-state index contributed by atoms with van der Waals surface area (Å²) in [5.74, 6) is 0.894. The second-order valence-electron chi connectivity index (χ2n) is 5.99. The molecule has 1 fully saturated rings. The van der Waals surface area contributed by atoms with Crippen molar-refractivity contribution in [3.05, 3.63) is 60.2 Å². The lowest BCUT2D eigenvalue weighted by molar-refractivity contribution is -0.126. The Labute approximate surface area is 148 Å². The van der Waals surface area contributed by atoms with E-state index in [-0.39, 0.29) is 5.91 Å². The number of methoxy groups -OCH3 is 1. The average molecular weight is 337 g/mol. The molecule has 25 heavy (non-hydrogen) atoms. The van der Waals surface area contributed by atoms with Crippen LogP contribution >= 0.6 is 0 Å². The van der Waals surface area contributed by atoms with Crippen molar-refractivity contribution < 1.29 is 9.53 Å². The van der Waals surface area contributed by atoms with Crippen LogP contribution in [-0.4, -0.2) is 44.1 Å². The van der Waals surface area contributed by atoms with Crippen molar-refractivity contribution in [3.8, 4) is 5.75 Å². The number of carbonyl (C=O) groups excluding carboxylic acids is 1. The molecule has 1 heterocycles. The van der Waals surface area contributed by atoms with E-state index in [9.17, 15) is 4.79 Å². The number of rotatable bonds is 4. The topological polar surface area (TPSA) is 58.8 Å². The van der Waals surface area contributed by atoms with E-state index < -0.39 is 0 Å². The van der Waals surface area contributed by atoms with E-state index in [1.165, 1.54) is 0 Å². The van der Waals surface area contributed by atoms with Gasteiger partial charge < -0.3 is 20.3 Å². The van der Waals surface area contributed by atoms with Crippen LogP contribution in [0.15, 0.2) is 54.6 Å². The molecular weight excluding hydrogens is 314 g/mol. The van der Waals surface area contributed by atoms with Crippen LogP contribution in [0.5, 0.6) is 5.75 Å². The highest BCUT2D eigenvalue weighted by Crippen LogP contribution is 2.28. The minimum absolute atomic E-state index is 0.0297. The van der Waals surface area contributed by atoms with Gasteiger partial charge in [0, 0.05) is 37.9 Å². The number of carbonyl (C=O) groups is 1. The first-order valence-electron chi connectivity index (χ1n) is 8.38. The van der Waals surface area contributed by atoms with Gasteiger partial charge in [0.05, 0.1) is 12.8 Å². The van der Waals surface area contributed by atoms with Gasteiger partial charge in [-0.25, -0.2) is 0 Å². The second kappa shape index (κ2) is 7.75. The van der Waals surface area contributed by atoms with Crippen LogP contribution in [-0.2, 0) is 4.79 Å². The number of hydrogen-bond acceptors (Lipinski definition) is 4. The fraction of sp³-hybridized carbons (Fsp3) is 0.250. The summed E-state index contributed by atoms with van der Waals surface area (Å²) < 4.78 is 5.43. The lowest BCUT2D eigenvalue weighted by Gasteiger charge is -2.36. The molecule has 0 aromatic heterocycles. The van der Waals surface area contributed by atoms with Crippen LogP contribution in [0.4, 0.5) is 11.4 Å². The molecule has 1 aliphatic rings. The number of piperazine rings is 1. The van der Waals surface area contributed by atoms with Crippen molar-refractivity contribution in [2.45, 2.75) is 0 Å². The fourth-order valence-corrected chi connectivity index (χ4v) is 2.99. The van der Waals surface area contributed by atoms with E-state index in [1.54, 1.807) is 13.2 Å². The summed E-state index contributed by atoms with van der Waals surface area (Å²) in [4.78, 5) is 16.5. The Hall–Kier alpha value is -2.95. The molecule has 1 amide bonds. The summed E-state index contributed by atoms with van der Waals surface area (Å²) in [7, 11) is 1.68. The monoisotopic (exact) mass is 337 g/mol. The maximum atomic E-state index is 12.4. The van der Waals surface area contributed by atoms with E-state index in [4.69, 9.17) is 10.5 Å². The Morgan fingerprint density at radius 3 is 2.56 bits per heavy atom. The smallest absolute Gasteiger partial charge is 0.246 e. The molecule has 0 atom stereocenters. The van der Waals surface area contributed by atoms with Crippen LogP contribution in [0.2, 0.25) is 0 Å². The lowest BCUT2D eigenvalue weighted by atomic mass is 10.2. The molecule has 5 heteroatoms. The maximum absolute atomic E-state index is 12.4. The maximum Gasteiger partial charge on any atom is 0.246 e. The number of benzene rings is 2. The first kappa shape index (κ1) is 16.9. The molecule has 1 aliphatic heterocycles. The molecule has 2 aromatic rings. The predicted octanol–water partition coefficient (Wildman–Crippen LogP) is 2.64. The number of anilines is 2. The van der Waals surface area contributed by atoms with Crippen LogP contribution < -0.4 is 15.4 Å². The molecule has 1 saturated heterocycles. The summed E-state index contributed by atoms with van der Waals surface area (Å²) in [5.41, 5.74) is 8.46. The van der Waals surface area contributed by atoms with E-state index in [0.29, 0.717) is 18.8 Å². The lowest BCUT2D eigenvalue weighted by Crippen LogP contribution is -2.48. The van der Waals surface area contributed by atoms with Crippen molar-refractivity contribution in [3.63, 3.8) is 0 Å². The van der Waals surface area contributed by atoms with Crippen LogP contribution in [0.1, 0.15) is 5.56 Å². The van der Waals surface area contributed by atoms with Crippen molar-refractivity contribution in [2.24, 2.45) is 0 Å². The SMILES string of the molecule is COc1ccccc1N1CCN(C(=O)/C=C/c2cccc(N)c2)CC1. The van der Waals surface area contributed by atoms with Crippen molar-refractivity contribution in [1.82, 2.24) is 4.90 Å². The van der Waals surface area contributed by atoms with E-state index >= 15 is 0 Å². The standard InChI is InChI=1S/C20H23N3O2/c1-25-19-8-3-2-7-18(19)22-11-13-23(14-12-22)20(24)10-9-16-5-4-6-17(21)15-16/h2-10,15H,11-14,21H2,1H3/b10-9+. The first-order valence-corrected chi connectivity index (χ1v) is 8.38. The largest absolute Gasteiger partial charge is 0.495 e. The van der Waals surface area contributed by atoms with E-state index in [0.717, 1.165) is 30.1 Å². The molecule has 130 valence electrons. The number of amides is 1. The van der Waals surface area contributed by atoms with Crippen molar-refractivity contribution >= 4 is 23.4 Å². The van der Waals surface area contributed by atoms with Crippen molar-refractivity contribution in [1.29, 1.82) is 0 Å². The van der Waals surface area contributed by atoms with Gasteiger partial charge in [0.1, 0.15) is 5.75 Å². The molecule has 3 rings (SSSR count). The second-order valence-corrected chi connectivity index (χ2v) is 5.99. The summed E-state index contributed by atoms with van der Waals surface area (Å²) >= 11 is 0. The van der Waals surface area contributed by atoms with Crippen molar-refractivity contribution in [2.75, 3.05) is 43.9 Å². The molecule has 0 saturated carbocycles. The third-order valence-corrected chi connectivity index (χ3v) is 4.35. The Morgan fingerprint density at radius 1 is 1.08 bits per heavy atom. The number of para-hydroxylation sites is 2. The molecule has 0 unspecified atom stereocenters. The van der Waals surface area contributed by atoms with Crippen LogP contribution in [0.25, 0.3) is 6.08 Å². The highest BCUT2D eigenvalue weighted by atomic mass is 16.5. The minimum atomic E-state index is 0.0297. The zero-order valence-electron chi connectivity index (χ0n) is 14.4. The minimum Gasteiger partial charge on any atom is -0.495 e. The van der Waals surface area contributed by atoms with Gasteiger partial charge in [-0.1, -0.05) is 24.3 Å². The Morgan fingerprint density at radius 2 is 1.84 bits per heavy atom. The Bertz CT molecular complexity index is 765. The number of nitrogen functional groups attached to an aromatic ring is 1. The first-order chi connectivity index (χ1) is 12.2. The molecule has 0 radical (unpaired) electrons. The molecule has 5 nitrogen and oxygen atoms in total. The molecule has 0 bridgehead atoms. The number of nitrogens with two attached hydrogens (primary N) is 1. The Balaban J connectivity index is 1.59. The van der Waals surface area contributed by atoms with Gasteiger partial charge in [0.2, 0.25) is 5.91 Å². The highest BCUT2D eigenvalue weighted by Gasteiger charge is 2.21. The third-order valence-electron chi connectivity index (χ3n) is 4.35. The molecule has 0 spiro atoms. The summed E-state index contributed by atoms with van der Waals surface area (Å²) in [5, 5.41) is 0. The van der Waals surface area contributed by atoms with Gasteiger partial charge in [-0.15, -0.1) is 0 Å². The third kappa shape index (κ3) is 4.12. The average Bonchev–Trinajstić information content (AvgIpc) is 2.66. The zero-order chi connectivity index (χ0) is 17.6.